The van der Waals surface area contributed by atoms with Crippen molar-refractivity contribution < 1.29 is 9.13 Å². The number of aromatic nitrogens is 2. The molecule has 0 saturated heterocycles. The summed E-state index contributed by atoms with van der Waals surface area (Å²) in [5.74, 6) is 0. The van der Waals surface area contributed by atoms with Crippen LogP contribution in [0, 0.1) is 13.8 Å². The molecule has 2 heterocycles. The maximum absolute atomic E-state index is 2.27. The Bertz CT molecular complexity index is 688. The van der Waals surface area contributed by atoms with E-state index in [-0.39, 0.29) is 0 Å². The number of rotatable bonds is 6. The summed E-state index contributed by atoms with van der Waals surface area (Å²) in [5.41, 5.74) is 5.41. The zero-order valence-corrected chi connectivity index (χ0v) is 14.7. The molecule has 0 saturated carbocycles. The molecule has 1 aromatic carbocycles. The van der Waals surface area contributed by atoms with Crippen LogP contribution in [0.1, 0.15) is 22.3 Å². The molecule has 0 atom stereocenters. The summed E-state index contributed by atoms with van der Waals surface area (Å²) < 4.78 is 4.49. The Hall–Kier alpha value is -2.48. The monoisotopic (exact) mass is 318 g/mol. The summed E-state index contributed by atoms with van der Waals surface area (Å²) in [5, 5.41) is 0. The van der Waals surface area contributed by atoms with Crippen LogP contribution in [-0.2, 0) is 25.9 Å². The molecular formula is C22H26N2+2. The molecule has 24 heavy (non-hydrogen) atoms. The molecule has 0 amide bonds. The lowest BCUT2D eigenvalue weighted by atomic mass is 10.1. The summed E-state index contributed by atoms with van der Waals surface area (Å²) in [7, 11) is 0. The lowest BCUT2D eigenvalue weighted by Gasteiger charge is -2.03. The number of aryl methyl sites for hydroxylation is 6. The molecule has 0 fully saturated rings. The van der Waals surface area contributed by atoms with E-state index in [1.54, 1.807) is 0 Å². The van der Waals surface area contributed by atoms with Gasteiger partial charge in [0.05, 0.1) is 0 Å². The zero-order chi connectivity index (χ0) is 16.8. The predicted molar refractivity (Wildman–Crippen MR) is 96.6 cm³/mol. The molecule has 122 valence electrons. The van der Waals surface area contributed by atoms with Crippen molar-refractivity contribution in [3.63, 3.8) is 0 Å². The standard InChI is InChI=1S/C22H26N2/c1-19-7-13-23(14-8-19)17-11-21-3-5-22(6-4-21)12-18-24-15-9-20(2)10-16-24/h3-10,13-16H,11-12,17-18H2,1-2H3/q+2. The molecule has 3 aromatic rings. The van der Waals surface area contributed by atoms with Crippen molar-refractivity contribution in [2.45, 2.75) is 39.8 Å². The molecule has 0 bridgehead atoms. The average molecular weight is 318 g/mol. The van der Waals surface area contributed by atoms with Crippen molar-refractivity contribution in [3.05, 3.63) is 95.6 Å². The van der Waals surface area contributed by atoms with Crippen molar-refractivity contribution in [1.29, 1.82) is 0 Å². The number of benzene rings is 1. The van der Waals surface area contributed by atoms with Gasteiger partial charge in [0.15, 0.2) is 37.9 Å². The Balaban J connectivity index is 1.51. The number of nitrogens with zero attached hydrogens (tertiary/aromatic N) is 2. The first-order valence-electron chi connectivity index (χ1n) is 8.68. The Morgan fingerprint density at radius 1 is 0.542 bits per heavy atom. The van der Waals surface area contributed by atoms with Gasteiger partial charge in [0, 0.05) is 37.1 Å². The molecule has 2 aromatic heterocycles. The largest absolute Gasteiger partial charge is 0.205 e. The van der Waals surface area contributed by atoms with Crippen molar-refractivity contribution in [3.8, 4) is 0 Å². The normalized spacial score (nSPS) is 10.8. The van der Waals surface area contributed by atoms with Crippen LogP contribution in [-0.4, -0.2) is 0 Å². The topological polar surface area (TPSA) is 7.76 Å². The maximum Gasteiger partial charge on any atom is 0.169 e. The maximum atomic E-state index is 2.27. The lowest BCUT2D eigenvalue weighted by molar-refractivity contribution is -0.696. The Morgan fingerprint density at radius 2 is 0.875 bits per heavy atom. The minimum absolute atomic E-state index is 1.03. The fourth-order valence-corrected chi connectivity index (χ4v) is 2.75. The first-order valence-corrected chi connectivity index (χ1v) is 8.68. The second kappa shape index (κ2) is 7.87. The first kappa shape index (κ1) is 16.4. The van der Waals surface area contributed by atoms with E-state index >= 15 is 0 Å². The second-order valence-corrected chi connectivity index (χ2v) is 6.54. The quantitative estimate of drug-likeness (QED) is 0.616. The number of pyridine rings is 2. The lowest BCUT2D eigenvalue weighted by Crippen LogP contribution is -2.33. The second-order valence-electron chi connectivity index (χ2n) is 6.54. The van der Waals surface area contributed by atoms with E-state index in [4.69, 9.17) is 0 Å². The minimum atomic E-state index is 1.03. The van der Waals surface area contributed by atoms with E-state index in [0.29, 0.717) is 0 Å². The Kier molecular flexibility index (Phi) is 5.37. The van der Waals surface area contributed by atoms with Crippen LogP contribution in [0.5, 0.6) is 0 Å². The van der Waals surface area contributed by atoms with Gasteiger partial charge in [-0.3, -0.25) is 0 Å². The fourth-order valence-electron chi connectivity index (χ4n) is 2.75. The molecule has 0 radical (unpaired) electrons. The third kappa shape index (κ3) is 4.76. The highest BCUT2D eigenvalue weighted by Gasteiger charge is 2.03. The van der Waals surface area contributed by atoms with Crippen LogP contribution >= 0.6 is 0 Å². The van der Waals surface area contributed by atoms with Gasteiger partial charge in [-0.05, 0) is 36.1 Å². The Labute approximate surface area is 145 Å². The smallest absolute Gasteiger partial charge is 0.169 e. The van der Waals surface area contributed by atoms with Gasteiger partial charge in [0.1, 0.15) is 0 Å². The van der Waals surface area contributed by atoms with Crippen LogP contribution in [0.3, 0.4) is 0 Å². The van der Waals surface area contributed by atoms with E-state index in [1.165, 1.54) is 22.3 Å². The van der Waals surface area contributed by atoms with Gasteiger partial charge in [-0.25, -0.2) is 9.13 Å². The van der Waals surface area contributed by atoms with Gasteiger partial charge in [-0.2, -0.15) is 0 Å². The molecule has 0 aliphatic rings. The molecule has 0 aliphatic carbocycles. The molecular weight excluding hydrogens is 292 g/mol. The molecule has 0 aliphatic heterocycles. The van der Waals surface area contributed by atoms with E-state index in [0.717, 1.165) is 25.9 Å². The van der Waals surface area contributed by atoms with E-state index in [1.807, 2.05) is 0 Å². The highest BCUT2D eigenvalue weighted by molar-refractivity contribution is 5.22. The Morgan fingerprint density at radius 3 is 1.21 bits per heavy atom. The van der Waals surface area contributed by atoms with E-state index in [9.17, 15) is 0 Å². The highest BCUT2D eigenvalue weighted by Crippen LogP contribution is 2.06. The molecule has 0 unspecified atom stereocenters. The summed E-state index contributed by atoms with van der Waals surface area (Å²) in [6.07, 6.45) is 10.8. The minimum Gasteiger partial charge on any atom is -0.205 e. The fraction of sp³-hybridized carbons (Fsp3) is 0.273. The summed E-state index contributed by atoms with van der Waals surface area (Å²) >= 11 is 0. The highest BCUT2D eigenvalue weighted by atomic mass is 14.9. The van der Waals surface area contributed by atoms with Gasteiger partial charge in [-0.15, -0.1) is 0 Å². The summed E-state index contributed by atoms with van der Waals surface area (Å²) in [6.45, 7) is 6.30. The van der Waals surface area contributed by atoms with Crippen LogP contribution in [0.2, 0.25) is 0 Å². The van der Waals surface area contributed by atoms with Crippen molar-refractivity contribution >= 4 is 0 Å². The van der Waals surface area contributed by atoms with E-state index < -0.39 is 0 Å². The first-order chi connectivity index (χ1) is 11.7. The summed E-state index contributed by atoms with van der Waals surface area (Å²) in [4.78, 5) is 0. The molecule has 2 nitrogen and oxygen atoms in total. The van der Waals surface area contributed by atoms with Gasteiger partial charge in [-0.1, -0.05) is 24.3 Å². The zero-order valence-electron chi connectivity index (χ0n) is 14.7. The van der Waals surface area contributed by atoms with Crippen molar-refractivity contribution in [1.82, 2.24) is 0 Å². The van der Waals surface area contributed by atoms with Gasteiger partial charge < -0.3 is 0 Å². The SMILES string of the molecule is Cc1cc[n+](CCc2ccc(CC[n+]3ccc(C)cc3)cc2)cc1. The number of hydrogen-bond donors (Lipinski definition) is 0. The third-order valence-electron chi connectivity index (χ3n) is 4.46. The van der Waals surface area contributed by atoms with E-state index in [2.05, 4.69) is 96.3 Å². The van der Waals surface area contributed by atoms with Crippen molar-refractivity contribution in [2.75, 3.05) is 0 Å². The van der Waals surface area contributed by atoms with Gasteiger partial charge in [0.2, 0.25) is 0 Å². The van der Waals surface area contributed by atoms with Gasteiger partial charge in [0.25, 0.3) is 0 Å². The molecule has 0 N–H and O–H groups in total. The van der Waals surface area contributed by atoms with Crippen LogP contribution in [0.15, 0.2) is 73.3 Å². The third-order valence-corrected chi connectivity index (χ3v) is 4.46. The predicted octanol–water partition coefficient (Wildman–Crippen LogP) is 3.36. The molecule has 2 heteroatoms. The molecule has 0 spiro atoms. The number of hydrogen-bond acceptors (Lipinski definition) is 0. The van der Waals surface area contributed by atoms with Crippen LogP contribution < -0.4 is 9.13 Å². The summed E-state index contributed by atoms with van der Waals surface area (Å²) in [6, 6.07) is 17.7. The van der Waals surface area contributed by atoms with Crippen LogP contribution in [0.25, 0.3) is 0 Å². The average Bonchev–Trinajstić information content (AvgIpc) is 2.62. The van der Waals surface area contributed by atoms with Gasteiger partial charge >= 0.3 is 0 Å². The van der Waals surface area contributed by atoms with Crippen LogP contribution in [0.4, 0.5) is 0 Å². The van der Waals surface area contributed by atoms with Crippen molar-refractivity contribution in [2.24, 2.45) is 0 Å². The molecule has 3 rings (SSSR count).